The minimum absolute atomic E-state index is 0.274. The number of aryl methyl sites for hydroxylation is 1. The van der Waals surface area contributed by atoms with Gasteiger partial charge in [-0.15, -0.1) is 0 Å². The summed E-state index contributed by atoms with van der Waals surface area (Å²) in [5.41, 5.74) is 9.39. The van der Waals surface area contributed by atoms with E-state index in [4.69, 9.17) is 17.3 Å². The molecule has 1 heterocycles. The maximum absolute atomic E-state index is 12.2. The predicted molar refractivity (Wildman–Crippen MR) is 77.5 cm³/mol. The number of nitrogens with one attached hydrogen (secondary N) is 1. The average molecular weight is 276 g/mol. The Kier molecular flexibility index (Phi) is 3.71. The highest BCUT2D eigenvalue weighted by Crippen LogP contribution is 2.26. The molecule has 0 atom stereocenters. The second kappa shape index (κ2) is 5.28. The number of halogens is 1. The van der Waals surface area contributed by atoms with E-state index in [2.05, 4.69) is 10.3 Å². The van der Waals surface area contributed by atoms with Crippen molar-refractivity contribution in [2.24, 2.45) is 0 Å². The van der Waals surface area contributed by atoms with Gasteiger partial charge in [0.05, 0.1) is 10.6 Å². The van der Waals surface area contributed by atoms with Crippen LogP contribution in [0.1, 0.15) is 21.5 Å². The number of anilines is 2. The monoisotopic (exact) mass is 275 g/mol. The van der Waals surface area contributed by atoms with Crippen LogP contribution in [-0.4, -0.2) is 10.9 Å². The Morgan fingerprint density at radius 2 is 2.05 bits per heavy atom. The van der Waals surface area contributed by atoms with Crippen molar-refractivity contribution in [3.05, 3.63) is 52.3 Å². The van der Waals surface area contributed by atoms with Gasteiger partial charge in [0.2, 0.25) is 0 Å². The lowest BCUT2D eigenvalue weighted by Gasteiger charge is -2.13. The maximum atomic E-state index is 12.2. The summed E-state index contributed by atoms with van der Waals surface area (Å²) in [5, 5.41) is 3.16. The molecular formula is C14H14ClN3O. The minimum atomic E-state index is -0.274. The quantitative estimate of drug-likeness (QED) is 0.827. The first kappa shape index (κ1) is 13.4. The Labute approximate surface area is 116 Å². The van der Waals surface area contributed by atoms with Gasteiger partial charge in [0.25, 0.3) is 5.91 Å². The molecule has 0 aliphatic rings. The highest BCUT2D eigenvalue weighted by atomic mass is 35.5. The van der Waals surface area contributed by atoms with Gasteiger partial charge in [-0.2, -0.15) is 0 Å². The van der Waals surface area contributed by atoms with Crippen molar-refractivity contribution in [2.75, 3.05) is 11.1 Å². The summed E-state index contributed by atoms with van der Waals surface area (Å²) in [7, 11) is 0. The lowest BCUT2D eigenvalue weighted by molar-refractivity contribution is 0.102. The van der Waals surface area contributed by atoms with E-state index >= 15 is 0 Å². The van der Waals surface area contributed by atoms with Crippen molar-refractivity contribution in [2.45, 2.75) is 13.8 Å². The van der Waals surface area contributed by atoms with Crippen molar-refractivity contribution in [1.29, 1.82) is 0 Å². The summed E-state index contributed by atoms with van der Waals surface area (Å²) >= 11 is 5.95. The molecule has 5 heteroatoms. The molecule has 0 aliphatic heterocycles. The highest BCUT2D eigenvalue weighted by molar-refractivity contribution is 6.34. The smallest absolute Gasteiger partial charge is 0.257 e. The Morgan fingerprint density at radius 3 is 2.74 bits per heavy atom. The highest BCUT2D eigenvalue weighted by Gasteiger charge is 2.13. The SMILES string of the molecule is Cc1ccc(N)c(C)c1NC(=O)c1ccncc1Cl. The zero-order chi connectivity index (χ0) is 14.0. The zero-order valence-corrected chi connectivity index (χ0v) is 11.5. The van der Waals surface area contributed by atoms with E-state index in [1.807, 2.05) is 26.0 Å². The van der Waals surface area contributed by atoms with Crippen LogP contribution in [0.25, 0.3) is 0 Å². The molecule has 3 N–H and O–H groups in total. The second-order valence-electron chi connectivity index (χ2n) is 4.28. The van der Waals surface area contributed by atoms with Crippen LogP contribution in [0.3, 0.4) is 0 Å². The first-order chi connectivity index (χ1) is 9.00. The number of hydrogen-bond donors (Lipinski definition) is 2. The molecule has 0 radical (unpaired) electrons. The average Bonchev–Trinajstić information content (AvgIpc) is 2.39. The Bertz CT molecular complexity index is 641. The summed E-state index contributed by atoms with van der Waals surface area (Å²) in [5.74, 6) is -0.274. The molecule has 2 aromatic rings. The molecule has 4 nitrogen and oxygen atoms in total. The van der Waals surface area contributed by atoms with Crippen molar-refractivity contribution in [3.63, 3.8) is 0 Å². The number of nitrogen functional groups attached to an aromatic ring is 1. The van der Waals surface area contributed by atoms with Crippen LogP contribution < -0.4 is 11.1 Å². The van der Waals surface area contributed by atoms with Gasteiger partial charge in [0.15, 0.2) is 0 Å². The molecule has 0 spiro atoms. The number of aromatic nitrogens is 1. The molecule has 0 saturated heterocycles. The predicted octanol–water partition coefficient (Wildman–Crippen LogP) is 3.19. The number of carbonyl (C=O) groups is 1. The number of amides is 1. The van der Waals surface area contributed by atoms with Crippen molar-refractivity contribution in [1.82, 2.24) is 4.98 Å². The van der Waals surface area contributed by atoms with E-state index in [0.29, 0.717) is 16.3 Å². The lowest BCUT2D eigenvalue weighted by atomic mass is 10.1. The molecule has 1 aromatic carbocycles. The summed E-state index contributed by atoms with van der Waals surface area (Å²) < 4.78 is 0. The number of benzene rings is 1. The third kappa shape index (κ3) is 2.69. The van der Waals surface area contributed by atoms with Gasteiger partial charge < -0.3 is 11.1 Å². The Morgan fingerprint density at radius 1 is 1.32 bits per heavy atom. The number of rotatable bonds is 2. The molecular weight excluding hydrogens is 262 g/mol. The normalized spacial score (nSPS) is 10.3. The first-order valence-corrected chi connectivity index (χ1v) is 6.15. The molecule has 19 heavy (non-hydrogen) atoms. The molecule has 98 valence electrons. The minimum Gasteiger partial charge on any atom is -0.398 e. The molecule has 0 fully saturated rings. The molecule has 0 unspecified atom stereocenters. The number of nitrogens with two attached hydrogens (primary N) is 1. The van der Waals surface area contributed by atoms with E-state index in [-0.39, 0.29) is 5.91 Å². The van der Waals surface area contributed by atoms with Gasteiger partial charge in [-0.1, -0.05) is 17.7 Å². The van der Waals surface area contributed by atoms with Crippen molar-refractivity contribution in [3.8, 4) is 0 Å². The fraction of sp³-hybridized carbons (Fsp3) is 0.143. The van der Waals surface area contributed by atoms with Gasteiger partial charge >= 0.3 is 0 Å². The van der Waals surface area contributed by atoms with E-state index in [1.165, 1.54) is 12.4 Å². The maximum Gasteiger partial charge on any atom is 0.257 e. The zero-order valence-electron chi connectivity index (χ0n) is 10.7. The molecule has 2 rings (SSSR count). The van der Waals surface area contributed by atoms with Crippen LogP contribution in [0.15, 0.2) is 30.6 Å². The Balaban J connectivity index is 2.35. The standard InChI is InChI=1S/C14H14ClN3O/c1-8-3-4-12(16)9(2)13(8)18-14(19)10-5-6-17-7-11(10)15/h3-7H,16H2,1-2H3,(H,18,19). The number of hydrogen-bond acceptors (Lipinski definition) is 3. The fourth-order valence-electron chi connectivity index (χ4n) is 1.80. The molecule has 1 aromatic heterocycles. The summed E-state index contributed by atoms with van der Waals surface area (Å²) in [6, 6.07) is 5.26. The lowest BCUT2D eigenvalue weighted by Crippen LogP contribution is -2.15. The van der Waals surface area contributed by atoms with Crippen LogP contribution in [0, 0.1) is 13.8 Å². The van der Waals surface area contributed by atoms with Crippen LogP contribution in [-0.2, 0) is 0 Å². The largest absolute Gasteiger partial charge is 0.398 e. The second-order valence-corrected chi connectivity index (χ2v) is 4.69. The van der Waals surface area contributed by atoms with Crippen LogP contribution in [0.5, 0.6) is 0 Å². The van der Waals surface area contributed by atoms with Crippen LogP contribution in [0.2, 0.25) is 5.02 Å². The van der Waals surface area contributed by atoms with Crippen LogP contribution >= 0.6 is 11.6 Å². The third-order valence-corrected chi connectivity index (χ3v) is 3.27. The fourth-order valence-corrected chi connectivity index (χ4v) is 2.00. The molecule has 0 aliphatic carbocycles. The topological polar surface area (TPSA) is 68.0 Å². The van der Waals surface area contributed by atoms with Gasteiger partial charge in [0, 0.05) is 23.8 Å². The van der Waals surface area contributed by atoms with Gasteiger partial charge in [-0.05, 0) is 37.1 Å². The van der Waals surface area contributed by atoms with E-state index in [0.717, 1.165) is 16.8 Å². The van der Waals surface area contributed by atoms with Crippen LogP contribution in [0.4, 0.5) is 11.4 Å². The molecule has 1 amide bonds. The molecule has 0 bridgehead atoms. The number of nitrogens with zero attached hydrogens (tertiary/aromatic N) is 1. The van der Waals surface area contributed by atoms with E-state index in [1.54, 1.807) is 6.07 Å². The first-order valence-electron chi connectivity index (χ1n) is 5.77. The van der Waals surface area contributed by atoms with Gasteiger partial charge in [0.1, 0.15) is 0 Å². The Hall–Kier alpha value is -2.07. The number of carbonyl (C=O) groups excluding carboxylic acids is 1. The van der Waals surface area contributed by atoms with Crippen molar-refractivity contribution < 1.29 is 4.79 Å². The van der Waals surface area contributed by atoms with Gasteiger partial charge in [-0.25, -0.2) is 0 Å². The third-order valence-electron chi connectivity index (χ3n) is 2.97. The summed E-state index contributed by atoms with van der Waals surface area (Å²) in [4.78, 5) is 16.0. The molecule has 0 saturated carbocycles. The van der Waals surface area contributed by atoms with E-state index in [9.17, 15) is 4.79 Å². The van der Waals surface area contributed by atoms with Gasteiger partial charge in [-0.3, -0.25) is 9.78 Å². The number of pyridine rings is 1. The van der Waals surface area contributed by atoms with Crippen molar-refractivity contribution >= 4 is 28.9 Å². The summed E-state index contributed by atoms with van der Waals surface area (Å²) in [6.45, 7) is 3.78. The summed E-state index contributed by atoms with van der Waals surface area (Å²) in [6.07, 6.45) is 2.97. The van der Waals surface area contributed by atoms with E-state index < -0.39 is 0 Å².